The Morgan fingerprint density at radius 2 is 1.38 bits per heavy atom. The molecule has 0 amide bonds. The van der Waals surface area contributed by atoms with Crippen LogP contribution in [-0.2, 0) is 15.4 Å². The minimum absolute atomic E-state index is 0.235. The molecule has 112 valence electrons. The zero-order valence-corrected chi connectivity index (χ0v) is 13.7. The van der Waals surface area contributed by atoms with Crippen molar-refractivity contribution in [3.8, 4) is 0 Å². The average Bonchev–Trinajstić information content (AvgIpc) is 2.46. The van der Waals surface area contributed by atoms with Crippen LogP contribution >= 0.6 is 0 Å². The van der Waals surface area contributed by atoms with Gasteiger partial charge in [-0.3, -0.25) is 4.31 Å². The van der Waals surface area contributed by atoms with Gasteiger partial charge in [0, 0.05) is 7.05 Å². The number of hydrogen-bond donors (Lipinski definition) is 0. The quantitative estimate of drug-likeness (QED) is 0.864. The summed E-state index contributed by atoms with van der Waals surface area (Å²) in [6.45, 7) is 6.05. The number of nitrogens with zero attached hydrogens (tertiary/aromatic N) is 1. The molecule has 2 aromatic rings. The van der Waals surface area contributed by atoms with Crippen LogP contribution in [0.2, 0.25) is 0 Å². The van der Waals surface area contributed by atoms with Gasteiger partial charge in [0.05, 0.1) is 10.6 Å². The molecule has 0 radical (unpaired) electrons. The molecule has 4 heteroatoms. The summed E-state index contributed by atoms with van der Waals surface area (Å²) in [5.41, 5.74) is 1.25. The molecule has 0 N–H and O–H groups in total. The van der Waals surface area contributed by atoms with Crippen LogP contribution in [0.3, 0.4) is 0 Å². The molecule has 0 aromatic heterocycles. The second kappa shape index (κ2) is 5.53. The summed E-state index contributed by atoms with van der Waals surface area (Å²) in [5.74, 6) is 0. The van der Waals surface area contributed by atoms with Crippen LogP contribution in [0.15, 0.2) is 59.5 Å². The molecule has 0 aliphatic heterocycles. The van der Waals surface area contributed by atoms with Crippen molar-refractivity contribution < 1.29 is 8.42 Å². The molecule has 0 heterocycles. The zero-order chi connectivity index (χ0) is 15.7. The molecule has 2 rings (SSSR count). The minimum atomic E-state index is -3.57. The molecule has 0 unspecified atom stereocenters. The third kappa shape index (κ3) is 3.10. The van der Waals surface area contributed by atoms with E-state index in [1.54, 1.807) is 31.3 Å². The van der Waals surface area contributed by atoms with Crippen molar-refractivity contribution in [2.45, 2.75) is 31.1 Å². The van der Waals surface area contributed by atoms with Crippen molar-refractivity contribution in [1.29, 1.82) is 0 Å². The van der Waals surface area contributed by atoms with Crippen molar-refractivity contribution in [1.82, 2.24) is 0 Å². The Morgan fingerprint density at radius 1 is 0.857 bits per heavy atom. The Bertz CT molecular complexity index is 716. The minimum Gasteiger partial charge on any atom is -0.269 e. The van der Waals surface area contributed by atoms with Gasteiger partial charge in [0.1, 0.15) is 0 Å². The first kappa shape index (κ1) is 15.6. The van der Waals surface area contributed by atoms with E-state index >= 15 is 0 Å². The highest BCUT2D eigenvalue weighted by Crippen LogP contribution is 2.31. The van der Waals surface area contributed by atoms with Gasteiger partial charge < -0.3 is 0 Å². The summed E-state index contributed by atoms with van der Waals surface area (Å²) >= 11 is 0. The van der Waals surface area contributed by atoms with Crippen LogP contribution in [0.25, 0.3) is 0 Å². The number of anilines is 1. The Kier molecular flexibility index (Phi) is 4.10. The highest BCUT2D eigenvalue weighted by molar-refractivity contribution is 7.92. The molecule has 0 saturated heterocycles. The predicted octanol–water partition coefficient (Wildman–Crippen LogP) is 3.81. The van der Waals surface area contributed by atoms with Crippen LogP contribution in [0, 0.1) is 0 Å². The summed E-state index contributed by atoms with van der Waals surface area (Å²) in [6.07, 6.45) is 0. The van der Waals surface area contributed by atoms with Gasteiger partial charge in [-0.05, 0) is 29.2 Å². The van der Waals surface area contributed by atoms with E-state index in [9.17, 15) is 8.42 Å². The van der Waals surface area contributed by atoms with Gasteiger partial charge in [0.15, 0.2) is 0 Å². The molecule has 0 fully saturated rings. The average molecular weight is 303 g/mol. The van der Waals surface area contributed by atoms with Crippen molar-refractivity contribution >= 4 is 15.7 Å². The Hall–Kier alpha value is -1.81. The third-order valence-corrected chi connectivity index (χ3v) is 5.30. The molecule has 21 heavy (non-hydrogen) atoms. The maximum Gasteiger partial charge on any atom is 0.264 e. The molecule has 0 aliphatic carbocycles. The molecule has 3 nitrogen and oxygen atoms in total. The van der Waals surface area contributed by atoms with E-state index in [4.69, 9.17) is 0 Å². The molecular weight excluding hydrogens is 282 g/mol. The number of hydrogen-bond acceptors (Lipinski definition) is 2. The van der Waals surface area contributed by atoms with Crippen LogP contribution in [-0.4, -0.2) is 15.5 Å². The van der Waals surface area contributed by atoms with Crippen LogP contribution in [0.5, 0.6) is 0 Å². The maximum absolute atomic E-state index is 12.9. The fourth-order valence-electron chi connectivity index (χ4n) is 2.24. The summed E-state index contributed by atoms with van der Waals surface area (Å²) in [5, 5.41) is 0. The number of para-hydroxylation sites is 1. The van der Waals surface area contributed by atoms with E-state index in [0.717, 1.165) is 5.56 Å². The van der Waals surface area contributed by atoms with Crippen LogP contribution < -0.4 is 4.31 Å². The van der Waals surface area contributed by atoms with Gasteiger partial charge in [0.25, 0.3) is 10.0 Å². The monoisotopic (exact) mass is 303 g/mol. The summed E-state index contributed by atoms with van der Waals surface area (Å²) < 4.78 is 27.2. The molecule has 0 saturated carbocycles. The SMILES string of the molecule is CN(c1ccccc1)S(=O)(=O)c1ccccc1C(C)(C)C. The van der Waals surface area contributed by atoms with E-state index in [2.05, 4.69) is 0 Å². The Morgan fingerprint density at radius 3 is 1.95 bits per heavy atom. The van der Waals surface area contributed by atoms with E-state index in [-0.39, 0.29) is 5.41 Å². The van der Waals surface area contributed by atoms with Gasteiger partial charge in [-0.15, -0.1) is 0 Å². The lowest BCUT2D eigenvalue weighted by Gasteiger charge is -2.26. The summed E-state index contributed by atoms with van der Waals surface area (Å²) in [6, 6.07) is 16.3. The number of benzene rings is 2. The summed E-state index contributed by atoms with van der Waals surface area (Å²) in [7, 11) is -1.99. The Labute approximate surface area is 127 Å². The van der Waals surface area contributed by atoms with Crippen molar-refractivity contribution in [2.24, 2.45) is 0 Å². The van der Waals surface area contributed by atoms with E-state index in [0.29, 0.717) is 10.6 Å². The first-order chi connectivity index (χ1) is 9.74. The zero-order valence-electron chi connectivity index (χ0n) is 12.9. The smallest absolute Gasteiger partial charge is 0.264 e. The lowest BCUT2D eigenvalue weighted by molar-refractivity contribution is 0.561. The maximum atomic E-state index is 12.9. The van der Waals surface area contributed by atoms with Gasteiger partial charge in [-0.25, -0.2) is 8.42 Å². The highest BCUT2D eigenvalue weighted by Gasteiger charge is 2.28. The highest BCUT2D eigenvalue weighted by atomic mass is 32.2. The Balaban J connectivity index is 2.56. The topological polar surface area (TPSA) is 37.4 Å². The second-order valence-electron chi connectivity index (χ2n) is 6.05. The summed E-state index contributed by atoms with van der Waals surface area (Å²) in [4.78, 5) is 0.365. The molecule has 0 atom stereocenters. The fraction of sp³-hybridized carbons (Fsp3) is 0.294. The first-order valence-electron chi connectivity index (χ1n) is 6.88. The van der Waals surface area contributed by atoms with E-state index in [1.807, 2.05) is 51.1 Å². The van der Waals surface area contributed by atoms with E-state index in [1.165, 1.54) is 4.31 Å². The molecular formula is C17H21NO2S. The van der Waals surface area contributed by atoms with Gasteiger partial charge in [-0.2, -0.15) is 0 Å². The standard InChI is InChI=1S/C17H21NO2S/c1-17(2,3)15-12-8-9-13-16(15)21(19,20)18(4)14-10-6-5-7-11-14/h5-13H,1-4H3. The largest absolute Gasteiger partial charge is 0.269 e. The van der Waals surface area contributed by atoms with Gasteiger partial charge in [-0.1, -0.05) is 57.2 Å². The van der Waals surface area contributed by atoms with Gasteiger partial charge >= 0.3 is 0 Å². The molecule has 2 aromatic carbocycles. The molecule has 0 spiro atoms. The predicted molar refractivity (Wildman–Crippen MR) is 87.2 cm³/mol. The van der Waals surface area contributed by atoms with Crippen LogP contribution in [0.4, 0.5) is 5.69 Å². The van der Waals surface area contributed by atoms with Crippen molar-refractivity contribution in [3.05, 3.63) is 60.2 Å². The second-order valence-corrected chi connectivity index (χ2v) is 7.99. The van der Waals surface area contributed by atoms with Crippen LogP contribution in [0.1, 0.15) is 26.3 Å². The molecule has 0 aliphatic rings. The normalized spacial score (nSPS) is 12.2. The van der Waals surface area contributed by atoms with Crippen molar-refractivity contribution in [2.75, 3.05) is 11.4 Å². The first-order valence-corrected chi connectivity index (χ1v) is 8.32. The molecule has 0 bridgehead atoms. The van der Waals surface area contributed by atoms with Gasteiger partial charge in [0.2, 0.25) is 0 Å². The third-order valence-electron chi connectivity index (χ3n) is 3.45. The van der Waals surface area contributed by atoms with Crippen molar-refractivity contribution in [3.63, 3.8) is 0 Å². The lowest BCUT2D eigenvalue weighted by atomic mass is 9.87. The number of sulfonamides is 1. The van der Waals surface area contributed by atoms with E-state index < -0.39 is 10.0 Å². The fourth-order valence-corrected chi connectivity index (χ4v) is 3.83. The lowest BCUT2D eigenvalue weighted by Crippen LogP contribution is -2.29. The number of rotatable bonds is 3.